The van der Waals surface area contributed by atoms with Crippen molar-refractivity contribution < 1.29 is 0 Å². The number of hydrogen-bond acceptors (Lipinski definition) is 4. The van der Waals surface area contributed by atoms with Crippen molar-refractivity contribution in [3.8, 4) is 0 Å². The molecule has 78 valence electrons. The third kappa shape index (κ3) is 3.02. The van der Waals surface area contributed by atoms with Crippen molar-refractivity contribution in [3.63, 3.8) is 0 Å². The van der Waals surface area contributed by atoms with E-state index in [1.807, 2.05) is 13.0 Å². The molecule has 2 rings (SSSR count). The van der Waals surface area contributed by atoms with Crippen LogP contribution < -0.4 is 5.32 Å². The van der Waals surface area contributed by atoms with Crippen molar-refractivity contribution in [3.05, 3.63) is 40.5 Å². The molecule has 0 bridgehead atoms. The van der Waals surface area contributed by atoms with Crippen molar-refractivity contribution in [2.24, 2.45) is 0 Å². The maximum absolute atomic E-state index is 4.14. The summed E-state index contributed by atoms with van der Waals surface area (Å²) in [4.78, 5) is 8.19. The monoisotopic (exact) mass is 219 g/mol. The molecule has 0 radical (unpaired) electrons. The molecule has 0 saturated carbocycles. The molecule has 2 heterocycles. The van der Waals surface area contributed by atoms with Gasteiger partial charge in [0, 0.05) is 18.3 Å². The highest BCUT2D eigenvalue weighted by atomic mass is 32.1. The zero-order chi connectivity index (χ0) is 10.5. The maximum atomic E-state index is 4.14. The van der Waals surface area contributed by atoms with Crippen LogP contribution in [0.1, 0.15) is 11.3 Å². The average Bonchev–Trinajstić information content (AvgIpc) is 2.71. The Morgan fingerprint density at radius 3 is 3.07 bits per heavy atom. The number of rotatable bonds is 4. The van der Waals surface area contributed by atoms with Crippen molar-refractivity contribution in [1.82, 2.24) is 9.97 Å². The Morgan fingerprint density at radius 2 is 2.33 bits per heavy atom. The van der Waals surface area contributed by atoms with E-state index in [1.165, 1.54) is 5.56 Å². The number of nitrogens with one attached hydrogen (secondary N) is 1. The zero-order valence-electron chi connectivity index (χ0n) is 8.60. The molecule has 0 aromatic carbocycles. The van der Waals surface area contributed by atoms with E-state index in [-0.39, 0.29) is 0 Å². The predicted molar refractivity (Wildman–Crippen MR) is 63.3 cm³/mol. The molecule has 0 spiro atoms. The average molecular weight is 219 g/mol. The Hall–Kier alpha value is -1.42. The summed E-state index contributed by atoms with van der Waals surface area (Å²) in [5.74, 6) is 0.901. The lowest BCUT2D eigenvalue weighted by atomic mass is 10.2. The fourth-order valence-corrected chi connectivity index (χ4v) is 2.02. The molecule has 0 aliphatic rings. The van der Waals surface area contributed by atoms with Crippen LogP contribution in [0.4, 0.5) is 5.82 Å². The van der Waals surface area contributed by atoms with Gasteiger partial charge in [-0.25, -0.2) is 9.97 Å². The molecule has 4 heteroatoms. The molecular formula is C11H13N3S. The normalized spacial score (nSPS) is 10.2. The number of nitrogens with zero attached hydrogens (tertiary/aromatic N) is 2. The summed E-state index contributed by atoms with van der Waals surface area (Å²) >= 11 is 1.73. The van der Waals surface area contributed by atoms with E-state index in [0.717, 1.165) is 24.5 Å². The van der Waals surface area contributed by atoms with E-state index in [0.29, 0.717) is 0 Å². The van der Waals surface area contributed by atoms with E-state index >= 15 is 0 Å². The molecule has 0 saturated heterocycles. The molecule has 2 aromatic rings. The van der Waals surface area contributed by atoms with Crippen molar-refractivity contribution in [2.75, 3.05) is 11.9 Å². The fraction of sp³-hybridized carbons (Fsp3) is 0.273. The smallest absolute Gasteiger partial charge is 0.129 e. The van der Waals surface area contributed by atoms with Crippen LogP contribution in [-0.4, -0.2) is 16.5 Å². The second kappa shape index (κ2) is 4.89. The lowest BCUT2D eigenvalue weighted by molar-refractivity contribution is 0.997. The zero-order valence-corrected chi connectivity index (χ0v) is 9.42. The van der Waals surface area contributed by atoms with Gasteiger partial charge in [0.2, 0.25) is 0 Å². The van der Waals surface area contributed by atoms with Gasteiger partial charge >= 0.3 is 0 Å². The number of aromatic nitrogens is 2. The number of aryl methyl sites for hydroxylation is 1. The lowest BCUT2D eigenvalue weighted by Crippen LogP contribution is -2.06. The van der Waals surface area contributed by atoms with E-state index in [9.17, 15) is 0 Å². The highest BCUT2D eigenvalue weighted by molar-refractivity contribution is 7.07. The quantitative estimate of drug-likeness (QED) is 0.858. The van der Waals surface area contributed by atoms with Crippen LogP contribution in [0, 0.1) is 6.92 Å². The van der Waals surface area contributed by atoms with Crippen LogP contribution in [0.2, 0.25) is 0 Å². The Bertz CT molecular complexity index is 412. The Morgan fingerprint density at radius 1 is 1.40 bits per heavy atom. The minimum absolute atomic E-state index is 0.901. The summed E-state index contributed by atoms with van der Waals surface area (Å²) in [6.45, 7) is 2.87. The first-order valence-electron chi connectivity index (χ1n) is 4.88. The Balaban J connectivity index is 1.83. The van der Waals surface area contributed by atoms with Crippen molar-refractivity contribution in [2.45, 2.75) is 13.3 Å². The molecule has 0 atom stereocenters. The minimum Gasteiger partial charge on any atom is -0.370 e. The molecule has 0 amide bonds. The van der Waals surface area contributed by atoms with Gasteiger partial charge in [0.05, 0.1) is 0 Å². The molecule has 15 heavy (non-hydrogen) atoms. The molecule has 0 aliphatic heterocycles. The van der Waals surface area contributed by atoms with Crippen molar-refractivity contribution >= 4 is 17.2 Å². The first-order chi connectivity index (χ1) is 7.34. The molecule has 0 unspecified atom stereocenters. The lowest BCUT2D eigenvalue weighted by Gasteiger charge is -2.04. The van der Waals surface area contributed by atoms with Gasteiger partial charge in [-0.3, -0.25) is 0 Å². The predicted octanol–water partition coefficient (Wildman–Crippen LogP) is 2.50. The third-order valence-electron chi connectivity index (χ3n) is 2.10. The van der Waals surface area contributed by atoms with E-state index < -0.39 is 0 Å². The van der Waals surface area contributed by atoms with E-state index in [1.54, 1.807) is 17.7 Å². The third-order valence-corrected chi connectivity index (χ3v) is 2.84. The summed E-state index contributed by atoms with van der Waals surface area (Å²) in [6, 6.07) is 4.10. The minimum atomic E-state index is 0.901. The molecular weight excluding hydrogens is 206 g/mol. The van der Waals surface area contributed by atoms with Crippen LogP contribution in [0.25, 0.3) is 0 Å². The number of hydrogen-bond donors (Lipinski definition) is 1. The van der Waals surface area contributed by atoms with Crippen LogP contribution in [0.15, 0.2) is 29.2 Å². The first-order valence-corrected chi connectivity index (χ1v) is 5.82. The van der Waals surface area contributed by atoms with Crippen LogP contribution in [0.5, 0.6) is 0 Å². The summed E-state index contributed by atoms with van der Waals surface area (Å²) in [7, 11) is 0. The Labute approximate surface area is 93.2 Å². The number of anilines is 1. The molecule has 0 aliphatic carbocycles. The first kappa shape index (κ1) is 10.1. The van der Waals surface area contributed by atoms with Crippen LogP contribution in [-0.2, 0) is 6.42 Å². The SMILES string of the molecule is Cc1cc(NCCc2ccsc2)ncn1. The summed E-state index contributed by atoms with van der Waals surface area (Å²) in [6.07, 6.45) is 2.62. The highest BCUT2D eigenvalue weighted by Gasteiger charge is 1.95. The topological polar surface area (TPSA) is 37.8 Å². The summed E-state index contributed by atoms with van der Waals surface area (Å²) in [5, 5.41) is 7.55. The fourth-order valence-electron chi connectivity index (χ4n) is 1.32. The summed E-state index contributed by atoms with van der Waals surface area (Å²) in [5.41, 5.74) is 2.36. The van der Waals surface area contributed by atoms with Gasteiger partial charge < -0.3 is 5.32 Å². The van der Waals surface area contributed by atoms with Gasteiger partial charge in [0.15, 0.2) is 0 Å². The van der Waals surface area contributed by atoms with Crippen molar-refractivity contribution in [1.29, 1.82) is 0 Å². The second-order valence-electron chi connectivity index (χ2n) is 3.35. The van der Waals surface area contributed by atoms with Crippen LogP contribution in [0.3, 0.4) is 0 Å². The van der Waals surface area contributed by atoms with Gasteiger partial charge in [-0.05, 0) is 35.7 Å². The second-order valence-corrected chi connectivity index (χ2v) is 4.13. The molecule has 3 nitrogen and oxygen atoms in total. The van der Waals surface area contributed by atoms with Gasteiger partial charge in [-0.2, -0.15) is 11.3 Å². The maximum Gasteiger partial charge on any atom is 0.129 e. The van der Waals surface area contributed by atoms with Gasteiger partial charge in [0.25, 0.3) is 0 Å². The van der Waals surface area contributed by atoms with Gasteiger partial charge in [-0.1, -0.05) is 0 Å². The van der Waals surface area contributed by atoms with Crippen LogP contribution >= 0.6 is 11.3 Å². The Kier molecular flexibility index (Phi) is 3.29. The summed E-state index contributed by atoms with van der Waals surface area (Å²) < 4.78 is 0. The molecule has 0 fully saturated rings. The standard InChI is InChI=1S/C11H13N3S/c1-9-6-11(14-8-13-9)12-4-2-10-3-5-15-7-10/h3,5-8H,2,4H2,1H3,(H,12,13,14). The van der Waals surface area contributed by atoms with E-state index in [4.69, 9.17) is 0 Å². The molecule has 1 N–H and O–H groups in total. The highest BCUT2D eigenvalue weighted by Crippen LogP contribution is 2.07. The number of thiophene rings is 1. The van der Waals surface area contributed by atoms with E-state index in [2.05, 4.69) is 32.1 Å². The largest absolute Gasteiger partial charge is 0.370 e. The van der Waals surface area contributed by atoms with Gasteiger partial charge in [-0.15, -0.1) is 0 Å². The molecule has 2 aromatic heterocycles. The van der Waals surface area contributed by atoms with Gasteiger partial charge in [0.1, 0.15) is 12.1 Å².